The molecule has 0 aliphatic heterocycles. The minimum atomic E-state index is -0.114. The first-order valence-corrected chi connectivity index (χ1v) is 10.00. The zero-order valence-electron chi connectivity index (χ0n) is 15.0. The van der Waals surface area contributed by atoms with Gasteiger partial charge in [-0.1, -0.05) is 26.7 Å². The highest BCUT2D eigenvalue weighted by Crippen LogP contribution is 2.32. The number of hydrogen-bond acceptors (Lipinski definition) is 4. The van der Waals surface area contributed by atoms with E-state index in [9.17, 15) is 4.79 Å². The zero-order chi connectivity index (χ0) is 17.6. The number of amides is 1. The summed E-state index contributed by atoms with van der Waals surface area (Å²) in [4.78, 5) is 18.3. The molecule has 5 heteroatoms. The first kappa shape index (κ1) is 17.9. The van der Waals surface area contributed by atoms with Gasteiger partial charge in [-0.3, -0.25) is 10.1 Å². The minimum Gasteiger partial charge on any atom is -0.494 e. The molecule has 4 nitrogen and oxygen atoms in total. The van der Waals surface area contributed by atoms with Crippen molar-refractivity contribution < 1.29 is 9.53 Å². The Kier molecular flexibility index (Phi) is 6.08. The molecule has 0 fully saturated rings. The second-order valence-corrected chi connectivity index (χ2v) is 7.85. The number of unbranched alkanes of at least 4 members (excludes halogenated alkanes) is 2. The molecular weight excluding hydrogens is 332 g/mol. The number of fused-ring (bicyclic) bond motifs is 1. The van der Waals surface area contributed by atoms with E-state index < -0.39 is 0 Å². The van der Waals surface area contributed by atoms with Crippen molar-refractivity contribution in [1.82, 2.24) is 4.98 Å². The number of benzene rings is 1. The van der Waals surface area contributed by atoms with Crippen LogP contribution in [0.25, 0.3) is 0 Å². The highest BCUT2D eigenvalue weighted by atomic mass is 32.1. The lowest BCUT2D eigenvalue weighted by atomic mass is 9.93. The van der Waals surface area contributed by atoms with Crippen LogP contribution < -0.4 is 10.1 Å². The molecule has 1 aromatic heterocycles. The lowest BCUT2D eigenvalue weighted by Gasteiger charge is -2.15. The molecule has 1 aliphatic carbocycles. The number of aromatic nitrogens is 1. The zero-order valence-corrected chi connectivity index (χ0v) is 15.8. The normalized spacial score (nSPS) is 16.3. The molecule has 0 saturated carbocycles. The Hall–Kier alpha value is -1.88. The maximum Gasteiger partial charge on any atom is 0.257 e. The Morgan fingerprint density at radius 3 is 2.88 bits per heavy atom. The predicted molar refractivity (Wildman–Crippen MR) is 103 cm³/mol. The van der Waals surface area contributed by atoms with Crippen molar-refractivity contribution in [2.45, 2.75) is 52.4 Å². The molecule has 2 aromatic rings. The Morgan fingerprint density at radius 2 is 2.12 bits per heavy atom. The lowest BCUT2D eigenvalue weighted by molar-refractivity contribution is 0.102. The second kappa shape index (κ2) is 8.48. The molecule has 1 heterocycles. The summed E-state index contributed by atoms with van der Waals surface area (Å²) < 4.78 is 5.68. The van der Waals surface area contributed by atoms with Crippen LogP contribution in [0.1, 0.15) is 60.5 Å². The van der Waals surface area contributed by atoms with Crippen LogP contribution in [0.5, 0.6) is 5.75 Å². The van der Waals surface area contributed by atoms with Crippen LogP contribution in [0.2, 0.25) is 0 Å². The van der Waals surface area contributed by atoms with Crippen LogP contribution in [0.3, 0.4) is 0 Å². The summed E-state index contributed by atoms with van der Waals surface area (Å²) in [5, 5.41) is 3.65. The molecule has 1 unspecified atom stereocenters. The van der Waals surface area contributed by atoms with Crippen LogP contribution in [0.4, 0.5) is 5.13 Å². The Balaban J connectivity index is 1.56. The van der Waals surface area contributed by atoms with Gasteiger partial charge in [0.05, 0.1) is 12.3 Å². The molecule has 134 valence electrons. The number of nitrogens with one attached hydrogen (secondary N) is 1. The van der Waals surface area contributed by atoms with Gasteiger partial charge in [-0.2, -0.15) is 0 Å². The van der Waals surface area contributed by atoms with Crippen LogP contribution in [0.15, 0.2) is 24.3 Å². The van der Waals surface area contributed by atoms with Crippen molar-refractivity contribution in [3.63, 3.8) is 0 Å². The van der Waals surface area contributed by atoms with Crippen LogP contribution in [-0.4, -0.2) is 17.5 Å². The van der Waals surface area contributed by atoms with Gasteiger partial charge < -0.3 is 4.74 Å². The summed E-state index contributed by atoms with van der Waals surface area (Å²) in [5.41, 5.74) is 1.79. The van der Waals surface area contributed by atoms with Gasteiger partial charge in [0.2, 0.25) is 0 Å². The summed E-state index contributed by atoms with van der Waals surface area (Å²) in [6, 6.07) is 7.32. The largest absolute Gasteiger partial charge is 0.494 e. The number of thiazole rings is 1. The third-order valence-electron chi connectivity index (χ3n) is 4.54. The third kappa shape index (κ3) is 4.82. The Bertz CT molecular complexity index is 709. The minimum absolute atomic E-state index is 0.114. The summed E-state index contributed by atoms with van der Waals surface area (Å²) in [7, 11) is 0. The van der Waals surface area contributed by atoms with E-state index in [-0.39, 0.29) is 5.91 Å². The molecule has 1 aliphatic rings. The molecule has 0 saturated heterocycles. The first-order valence-electron chi connectivity index (χ1n) is 9.18. The average Bonchev–Trinajstić information content (AvgIpc) is 3.00. The number of anilines is 1. The predicted octanol–water partition coefficient (Wildman–Crippen LogP) is 5.09. The van der Waals surface area contributed by atoms with Crippen LogP contribution in [0, 0.1) is 5.92 Å². The maximum absolute atomic E-state index is 12.4. The van der Waals surface area contributed by atoms with Gasteiger partial charge >= 0.3 is 0 Å². The van der Waals surface area contributed by atoms with E-state index in [1.54, 1.807) is 23.5 Å². The molecule has 0 bridgehead atoms. The molecule has 3 rings (SSSR count). The fourth-order valence-corrected chi connectivity index (χ4v) is 4.17. The number of hydrogen-bond donors (Lipinski definition) is 1. The van der Waals surface area contributed by atoms with Crippen molar-refractivity contribution in [3.05, 3.63) is 40.4 Å². The summed E-state index contributed by atoms with van der Waals surface area (Å²) >= 11 is 1.61. The van der Waals surface area contributed by atoms with Crippen molar-refractivity contribution in [2.75, 3.05) is 11.9 Å². The molecule has 1 atom stereocenters. The summed E-state index contributed by atoms with van der Waals surface area (Å²) in [6.07, 6.45) is 6.70. The molecule has 1 amide bonds. The third-order valence-corrected chi connectivity index (χ3v) is 5.58. The van der Waals surface area contributed by atoms with Gasteiger partial charge in [0.1, 0.15) is 5.75 Å². The average molecular weight is 359 g/mol. The summed E-state index contributed by atoms with van der Waals surface area (Å²) in [5.74, 6) is 1.41. The van der Waals surface area contributed by atoms with Gasteiger partial charge in [0.25, 0.3) is 5.91 Å². The smallest absolute Gasteiger partial charge is 0.257 e. The quantitative estimate of drug-likeness (QED) is 0.702. The standard InChI is InChI=1S/C20H26N2O2S/c1-3-4-5-12-24-16-9-7-15(8-10-16)19(23)22-20-21-17-11-6-14(2)13-18(17)25-20/h7-10,14H,3-6,11-13H2,1-2H3,(H,21,22,23). The van der Waals surface area contributed by atoms with Gasteiger partial charge in [-0.15, -0.1) is 11.3 Å². The van der Waals surface area contributed by atoms with E-state index in [4.69, 9.17) is 4.74 Å². The lowest BCUT2D eigenvalue weighted by Crippen LogP contribution is -2.12. The van der Waals surface area contributed by atoms with E-state index >= 15 is 0 Å². The number of ether oxygens (including phenoxy) is 1. The molecule has 0 radical (unpaired) electrons. The first-order chi connectivity index (χ1) is 12.2. The van der Waals surface area contributed by atoms with Gasteiger partial charge in [0, 0.05) is 10.4 Å². The summed E-state index contributed by atoms with van der Waals surface area (Å²) in [6.45, 7) is 5.17. The van der Waals surface area contributed by atoms with E-state index in [0.29, 0.717) is 16.6 Å². The van der Waals surface area contributed by atoms with Crippen molar-refractivity contribution in [2.24, 2.45) is 5.92 Å². The van der Waals surface area contributed by atoms with Crippen molar-refractivity contribution in [3.8, 4) is 5.75 Å². The Labute approximate surface area is 153 Å². The topological polar surface area (TPSA) is 51.2 Å². The molecule has 1 N–H and O–H groups in total. The van der Waals surface area contributed by atoms with Gasteiger partial charge in [-0.25, -0.2) is 4.98 Å². The monoisotopic (exact) mass is 358 g/mol. The number of carbonyl (C=O) groups is 1. The highest BCUT2D eigenvalue weighted by molar-refractivity contribution is 7.15. The number of aryl methyl sites for hydroxylation is 1. The van der Waals surface area contributed by atoms with Crippen LogP contribution in [-0.2, 0) is 12.8 Å². The molecular formula is C20H26N2O2S. The van der Waals surface area contributed by atoms with E-state index in [0.717, 1.165) is 37.3 Å². The Morgan fingerprint density at radius 1 is 1.32 bits per heavy atom. The number of rotatable bonds is 7. The van der Waals surface area contributed by atoms with Gasteiger partial charge in [-0.05, 0) is 55.9 Å². The van der Waals surface area contributed by atoms with E-state index in [2.05, 4.69) is 24.1 Å². The van der Waals surface area contributed by atoms with Crippen molar-refractivity contribution >= 4 is 22.4 Å². The SMILES string of the molecule is CCCCCOc1ccc(C(=O)Nc2nc3c(s2)CC(C)CC3)cc1. The molecule has 25 heavy (non-hydrogen) atoms. The maximum atomic E-state index is 12.4. The van der Waals surface area contributed by atoms with Gasteiger partial charge in [0.15, 0.2) is 5.13 Å². The number of nitrogens with zero attached hydrogens (tertiary/aromatic N) is 1. The van der Waals surface area contributed by atoms with E-state index in [1.807, 2.05) is 12.1 Å². The van der Waals surface area contributed by atoms with E-state index in [1.165, 1.54) is 24.1 Å². The second-order valence-electron chi connectivity index (χ2n) is 6.77. The molecule has 1 aromatic carbocycles. The number of carbonyl (C=O) groups excluding carboxylic acids is 1. The van der Waals surface area contributed by atoms with Crippen molar-refractivity contribution in [1.29, 1.82) is 0 Å². The fourth-order valence-electron chi connectivity index (χ4n) is 3.01. The van der Waals surface area contributed by atoms with Crippen LogP contribution >= 0.6 is 11.3 Å². The highest BCUT2D eigenvalue weighted by Gasteiger charge is 2.20. The molecule has 0 spiro atoms. The fraction of sp³-hybridized carbons (Fsp3) is 0.500.